The normalized spacial score (nSPS) is 48.0. The highest BCUT2D eigenvalue weighted by molar-refractivity contribution is 5.99. The van der Waals surface area contributed by atoms with Gasteiger partial charge in [-0.1, -0.05) is 45.4 Å². The molecule has 2 heteroatoms. The summed E-state index contributed by atoms with van der Waals surface area (Å²) in [7, 11) is 0. The molecule has 0 aromatic heterocycles. The summed E-state index contributed by atoms with van der Waals surface area (Å²) in [6.07, 6.45) is 10.1. The van der Waals surface area contributed by atoms with Gasteiger partial charge in [0, 0.05) is 11.3 Å². The van der Waals surface area contributed by atoms with Crippen LogP contribution in [-0.2, 0) is 4.79 Å². The SMILES string of the molecule is CC(C)C1=CC(=O)[C@@]2(C)CC[C@H](C)[C@@]3(C=C[C@@](C)(O)CC3)[C@@H]12. The van der Waals surface area contributed by atoms with Crippen molar-refractivity contribution in [2.45, 2.75) is 65.9 Å². The van der Waals surface area contributed by atoms with E-state index in [0.717, 1.165) is 25.7 Å². The van der Waals surface area contributed by atoms with Crippen molar-refractivity contribution in [1.29, 1.82) is 0 Å². The first-order valence-corrected chi connectivity index (χ1v) is 8.81. The van der Waals surface area contributed by atoms with Gasteiger partial charge in [-0.3, -0.25) is 4.79 Å². The van der Waals surface area contributed by atoms with E-state index in [-0.39, 0.29) is 10.8 Å². The lowest BCUT2D eigenvalue weighted by Gasteiger charge is -2.56. The van der Waals surface area contributed by atoms with Crippen molar-refractivity contribution in [3.63, 3.8) is 0 Å². The molecule has 0 aromatic rings. The van der Waals surface area contributed by atoms with E-state index in [0.29, 0.717) is 23.5 Å². The number of aliphatic hydroxyl groups is 1. The second-order valence-corrected chi connectivity index (χ2v) is 8.76. The minimum atomic E-state index is -0.691. The molecule has 122 valence electrons. The van der Waals surface area contributed by atoms with Crippen molar-refractivity contribution in [3.8, 4) is 0 Å². The van der Waals surface area contributed by atoms with E-state index in [1.165, 1.54) is 5.57 Å². The maximum absolute atomic E-state index is 12.8. The van der Waals surface area contributed by atoms with Crippen LogP contribution < -0.4 is 0 Å². The Kier molecular flexibility index (Phi) is 3.49. The first kappa shape index (κ1) is 16.0. The monoisotopic (exact) mass is 302 g/mol. The third-order valence-corrected chi connectivity index (χ3v) is 6.87. The lowest BCUT2D eigenvalue weighted by molar-refractivity contribution is -0.131. The maximum Gasteiger partial charge on any atom is 0.162 e. The molecule has 0 bridgehead atoms. The lowest BCUT2D eigenvalue weighted by Crippen LogP contribution is -2.52. The summed E-state index contributed by atoms with van der Waals surface area (Å²) in [5, 5.41) is 10.3. The largest absolute Gasteiger partial charge is 0.386 e. The van der Waals surface area contributed by atoms with Crippen molar-refractivity contribution in [3.05, 3.63) is 23.8 Å². The second kappa shape index (κ2) is 4.80. The van der Waals surface area contributed by atoms with Crippen LogP contribution in [0.25, 0.3) is 0 Å². The van der Waals surface area contributed by atoms with E-state index in [2.05, 4.69) is 33.8 Å². The average molecular weight is 302 g/mol. The van der Waals surface area contributed by atoms with Crippen LogP contribution in [0.3, 0.4) is 0 Å². The molecule has 0 aromatic carbocycles. The van der Waals surface area contributed by atoms with Crippen LogP contribution in [0.4, 0.5) is 0 Å². The molecule has 3 aliphatic carbocycles. The number of carbonyl (C=O) groups is 1. The number of ketones is 1. The Morgan fingerprint density at radius 1 is 1.18 bits per heavy atom. The maximum atomic E-state index is 12.8. The Morgan fingerprint density at radius 2 is 1.86 bits per heavy atom. The predicted octanol–water partition coefficient (Wildman–Crippen LogP) is 4.29. The molecular formula is C20H30O2. The van der Waals surface area contributed by atoms with Gasteiger partial charge in [-0.2, -0.15) is 0 Å². The van der Waals surface area contributed by atoms with Gasteiger partial charge in [-0.25, -0.2) is 0 Å². The smallest absolute Gasteiger partial charge is 0.162 e. The summed E-state index contributed by atoms with van der Waals surface area (Å²) in [4.78, 5) is 12.8. The van der Waals surface area contributed by atoms with Crippen LogP contribution >= 0.6 is 0 Å². The zero-order chi connectivity index (χ0) is 16.3. The van der Waals surface area contributed by atoms with Crippen molar-refractivity contribution in [1.82, 2.24) is 0 Å². The van der Waals surface area contributed by atoms with Crippen molar-refractivity contribution >= 4 is 5.78 Å². The molecule has 3 aliphatic rings. The van der Waals surface area contributed by atoms with E-state index in [4.69, 9.17) is 0 Å². The van der Waals surface area contributed by atoms with Crippen LogP contribution in [0.15, 0.2) is 23.8 Å². The lowest BCUT2D eigenvalue weighted by atomic mass is 9.47. The summed E-state index contributed by atoms with van der Waals surface area (Å²) in [6, 6.07) is 0. The molecule has 1 spiro atoms. The van der Waals surface area contributed by atoms with Gasteiger partial charge in [0.25, 0.3) is 0 Å². The van der Waals surface area contributed by atoms with Crippen molar-refractivity contribution in [2.24, 2.45) is 28.6 Å². The van der Waals surface area contributed by atoms with Gasteiger partial charge in [0.2, 0.25) is 0 Å². The van der Waals surface area contributed by atoms with E-state index in [9.17, 15) is 9.90 Å². The summed E-state index contributed by atoms with van der Waals surface area (Å²) in [5.41, 5.74) is 0.450. The third kappa shape index (κ3) is 2.06. The molecule has 2 nitrogen and oxygen atoms in total. The van der Waals surface area contributed by atoms with Gasteiger partial charge in [0.1, 0.15) is 0 Å². The van der Waals surface area contributed by atoms with Crippen LogP contribution in [0.5, 0.6) is 0 Å². The fourth-order valence-corrected chi connectivity index (χ4v) is 5.27. The predicted molar refractivity (Wildman–Crippen MR) is 89.4 cm³/mol. The number of fused-ring (bicyclic) bond motifs is 2. The average Bonchev–Trinajstić information content (AvgIpc) is 2.71. The summed E-state index contributed by atoms with van der Waals surface area (Å²) in [5.74, 6) is 1.61. The molecule has 1 N–H and O–H groups in total. The van der Waals surface area contributed by atoms with Crippen LogP contribution in [0.2, 0.25) is 0 Å². The molecule has 1 fully saturated rings. The Morgan fingerprint density at radius 3 is 2.41 bits per heavy atom. The molecule has 0 saturated heterocycles. The Bertz CT molecular complexity index is 554. The molecule has 0 unspecified atom stereocenters. The molecular weight excluding hydrogens is 272 g/mol. The highest BCUT2D eigenvalue weighted by atomic mass is 16.3. The highest BCUT2D eigenvalue weighted by Gasteiger charge is 2.60. The first-order valence-electron chi connectivity index (χ1n) is 8.81. The topological polar surface area (TPSA) is 37.3 Å². The van der Waals surface area contributed by atoms with E-state index >= 15 is 0 Å². The Labute approximate surface area is 134 Å². The van der Waals surface area contributed by atoms with Gasteiger partial charge >= 0.3 is 0 Å². The van der Waals surface area contributed by atoms with E-state index < -0.39 is 5.60 Å². The highest BCUT2D eigenvalue weighted by Crippen LogP contribution is 2.64. The standard InChI is InChI=1S/C20H30O2/c1-13(2)15-12-16(21)19(5)7-6-14(3)20(17(15)19)10-8-18(4,22)9-11-20/h8,10,12-14,17,22H,6-7,9,11H2,1-5H3/t14-,17-,18+,19+,20-/m0/s1. The van der Waals surface area contributed by atoms with Crippen LogP contribution in [0, 0.1) is 28.6 Å². The fraction of sp³-hybridized carbons (Fsp3) is 0.750. The summed E-state index contributed by atoms with van der Waals surface area (Å²) < 4.78 is 0. The summed E-state index contributed by atoms with van der Waals surface area (Å²) >= 11 is 0. The fourth-order valence-electron chi connectivity index (χ4n) is 5.27. The van der Waals surface area contributed by atoms with Crippen molar-refractivity contribution in [2.75, 3.05) is 0 Å². The third-order valence-electron chi connectivity index (χ3n) is 6.87. The molecule has 0 amide bonds. The van der Waals surface area contributed by atoms with Gasteiger partial charge in [0.05, 0.1) is 5.60 Å². The minimum absolute atomic E-state index is 0.0392. The second-order valence-electron chi connectivity index (χ2n) is 8.76. The first-order chi connectivity index (χ1) is 10.1. The van der Waals surface area contributed by atoms with Crippen LogP contribution in [0.1, 0.15) is 60.3 Å². The zero-order valence-electron chi connectivity index (χ0n) is 14.6. The Balaban J connectivity index is 2.12. The van der Waals surface area contributed by atoms with Gasteiger partial charge < -0.3 is 5.11 Å². The molecule has 3 rings (SSSR count). The molecule has 0 radical (unpaired) electrons. The minimum Gasteiger partial charge on any atom is -0.386 e. The molecule has 0 heterocycles. The number of rotatable bonds is 1. The number of hydrogen-bond acceptors (Lipinski definition) is 2. The number of carbonyl (C=O) groups excluding carboxylic acids is 1. The zero-order valence-corrected chi connectivity index (χ0v) is 14.6. The Hall–Kier alpha value is -0.890. The van der Waals surface area contributed by atoms with Gasteiger partial charge in [-0.05, 0) is 55.9 Å². The van der Waals surface area contributed by atoms with Gasteiger partial charge in [-0.15, -0.1) is 0 Å². The number of hydrogen-bond donors (Lipinski definition) is 1. The molecule has 1 saturated carbocycles. The molecule has 22 heavy (non-hydrogen) atoms. The van der Waals surface area contributed by atoms with E-state index in [1.54, 1.807) is 0 Å². The quantitative estimate of drug-likeness (QED) is 0.734. The van der Waals surface area contributed by atoms with Crippen molar-refractivity contribution < 1.29 is 9.90 Å². The van der Waals surface area contributed by atoms with Crippen LogP contribution in [-0.4, -0.2) is 16.5 Å². The van der Waals surface area contributed by atoms with Gasteiger partial charge in [0.15, 0.2) is 5.78 Å². The summed E-state index contributed by atoms with van der Waals surface area (Å²) in [6.45, 7) is 10.8. The molecule has 0 aliphatic heterocycles. The molecule has 5 atom stereocenters. The van der Waals surface area contributed by atoms with E-state index in [1.807, 2.05) is 19.1 Å². The number of allylic oxidation sites excluding steroid dienone is 3.